The number of nitrogens with zero attached hydrogens (tertiary/aromatic N) is 2. The molecule has 9 heteroatoms. The van der Waals surface area contributed by atoms with Gasteiger partial charge in [0.05, 0.1) is 6.04 Å². The minimum atomic E-state index is -1.85. The van der Waals surface area contributed by atoms with E-state index in [-0.39, 0.29) is 11.8 Å². The number of anilines is 1. The fraction of sp³-hybridized carbons (Fsp3) is 0.630. The number of aliphatic hydroxyl groups is 1. The Bertz CT molecular complexity index is 1270. The molecule has 4 saturated heterocycles. The number of amides is 2. The molecule has 7 aliphatic rings. The fourth-order valence-electron chi connectivity index (χ4n) is 8.76. The highest BCUT2D eigenvalue weighted by atomic mass is 16.5. The van der Waals surface area contributed by atoms with Crippen LogP contribution >= 0.6 is 0 Å². The van der Waals surface area contributed by atoms with E-state index in [1.165, 1.54) is 7.11 Å². The largest absolute Gasteiger partial charge is 0.758 e. The van der Waals surface area contributed by atoms with Gasteiger partial charge in [-0.3, -0.25) is 9.59 Å². The summed E-state index contributed by atoms with van der Waals surface area (Å²) in [4.78, 5) is 29.5. The Hall–Kier alpha value is -2.62. The number of ether oxygens (including phenoxy) is 2. The summed E-state index contributed by atoms with van der Waals surface area (Å²) in [5, 5.41) is 30.9. The van der Waals surface area contributed by atoms with Crippen molar-refractivity contribution in [1.82, 2.24) is 10.2 Å². The van der Waals surface area contributed by atoms with Gasteiger partial charge in [-0.05, 0) is 56.7 Å². The van der Waals surface area contributed by atoms with E-state index in [1.807, 2.05) is 39.8 Å². The highest BCUT2D eigenvalue weighted by Crippen LogP contribution is 2.68. The molecule has 1 aromatic rings. The van der Waals surface area contributed by atoms with E-state index in [9.17, 15) is 19.9 Å². The zero-order valence-corrected chi connectivity index (χ0v) is 21.3. The van der Waals surface area contributed by atoms with Crippen molar-refractivity contribution in [2.45, 2.75) is 81.4 Å². The van der Waals surface area contributed by atoms with Crippen molar-refractivity contribution >= 4 is 23.6 Å². The number of benzene rings is 1. The van der Waals surface area contributed by atoms with Crippen molar-refractivity contribution < 1.29 is 24.2 Å². The average Bonchev–Trinajstić information content (AvgIpc) is 3.33. The molecule has 2 spiro atoms. The van der Waals surface area contributed by atoms with Crippen LogP contribution in [0.5, 0.6) is 5.75 Å². The highest BCUT2D eigenvalue weighted by molar-refractivity contribution is 6.06. The zero-order chi connectivity index (χ0) is 25.6. The number of piperazine rings is 1. The molecule has 192 valence electrons. The molecule has 1 aromatic carbocycles. The van der Waals surface area contributed by atoms with Gasteiger partial charge in [0.25, 0.3) is 5.91 Å². The molecule has 2 N–H and O–H groups in total. The Morgan fingerprint density at radius 1 is 1.22 bits per heavy atom. The van der Waals surface area contributed by atoms with Crippen molar-refractivity contribution in [3.05, 3.63) is 34.5 Å². The van der Waals surface area contributed by atoms with Gasteiger partial charge in [-0.1, -0.05) is 19.9 Å². The lowest BCUT2D eigenvalue weighted by molar-refractivity contribution is -0.250. The van der Waals surface area contributed by atoms with Crippen LogP contribution in [0.2, 0.25) is 0 Å². The smallest absolute Gasteiger partial charge is 0.252 e. The first-order valence-electron chi connectivity index (χ1n) is 12.8. The van der Waals surface area contributed by atoms with Crippen molar-refractivity contribution in [3.8, 4) is 5.75 Å². The molecule has 2 bridgehead atoms. The monoisotopic (exact) mass is 494 g/mol. The number of carbonyl (C=O) groups is 2. The Kier molecular flexibility index (Phi) is 3.92. The molecule has 9 nitrogen and oxygen atoms in total. The molecule has 8 rings (SSSR count). The maximum absolute atomic E-state index is 14.2. The predicted molar refractivity (Wildman–Crippen MR) is 131 cm³/mol. The number of methoxy groups -OCH3 is 1. The van der Waals surface area contributed by atoms with E-state index in [4.69, 9.17) is 9.47 Å². The van der Waals surface area contributed by atoms with E-state index < -0.39 is 45.8 Å². The van der Waals surface area contributed by atoms with Gasteiger partial charge in [0.1, 0.15) is 28.6 Å². The summed E-state index contributed by atoms with van der Waals surface area (Å²) in [6.07, 6.45) is 4.42. The Morgan fingerprint density at radius 2 is 1.97 bits per heavy atom. The number of carbonyl (C=O) groups excluding carboxylic acids is 2. The SMILES string of the molecule is COC1C23NC(=O)C4(CCCN4C2=O)CC3C(C)(C)C2N([O-])c3c(ccc4c3C=CC(C)(C)O4)C21O. The molecule has 1 aliphatic carbocycles. The molecule has 6 aliphatic heterocycles. The van der Waals surface area contributed by atoms with Gasteiger partial charge in [0.15, 0.2) is 5.54 Å². The van der Waals surface area contributed by atoms with Crippen LogP contribution in [0.3, 0.4) is 0 Å². The lowest BCUT2D eigenvalue weighted by atomic mass is 9.45. The third-order valence-corrected chi connectivity index (χ3v) is 10.1. The van der Waals surface area contributed by atoms with Crippen LogP contribution in [-0.2, 0) is 19.9 Å². The van der Waals surface area contributed by atoms with Gasteiger partial charge >= 0.3 is 0 Å². The second-order valence-electron chi connectivity index (χ2n) is 12.6. The van der Waals surface area contributed by atoms with Gasteiger partial charge in [-0.15, -0.1) is 0 Å². The lowest BCUT2D eigenvalue weighted by Gasteiger charge is -2.71. The fourth-order valence-corrected chi connectivity index (χ4v) is 8.76. The highest BCUT2D eigenvalue weighted by Gasteiger charge is 2.81. The molecular formula is C27H32N3O6-. The predicted octanol–water partition coefficient (Wildman–Crippen LogP) is 2.05. The first-order valence-corrected chi connectivity index (χ1v) is 12.8. The minimum Gasteiger partial charge on any atom is -0.758 e. The Labute approximate surface area is 210 Å². The lowest BCUT2D eigenvalue weighted by Crippen LogP contribution is -2.91. The van der Waals surface area contributed by atoms with Crippen LogP contribution in [0.1, 0.15) is 58.1 Å². The number of piperidine rings is 2. The average molecular weight is 495 g/mol. The standard InChI is InChI=1S/C27H32N3O6/c1-23(2)11-9-14-16(36-23)8-7-15-18(14)30(34)19-24(3,4)17-13-25-10-6-12-29(25)22(32)26(17,28-21(25)31)20(35-5)27(15,19)33/h7-9,11,17,19-20,33H,6,10,12-13H2,1-5H3,(H,28,31)/q-1. The second kappa shape index (κ2) is 6.26. The van der Waals surface area contributed by atoms with Gasteiger partial charge in [0, 0.05) is 36.4 Å². The Morgan fingerprint density at radius 3 is 2.69 bits per heavy atom. The third-order valence-electron chi connectivity index (χ3n) is 10.1. The maximum atomic E-state index is 14.2. The van der Waals surface area contributed by atoms with Gasteiger partial charge in [0.2, 0.25) is 5.91 Å². The summed E-state index contributed by atoms with van der Waals surface area (Å²) in [6, 6.07) is 2.56. The summed E-state index contributed by atoms with van der Waals surface area (Å²) < 4.78 is 12.1. The van der Waals surface area contributed by atoms with Crippen LogP contribution in [0, 0.1) is 16.5 Å². The molecule has 2 amide bonds. The molecular weight excluding hydrogens is 462 g/mol. The molecule has 36 heavy (non-hydrogen) atoms. The van der Waals surface area contributed by atoms with Crippen LogP contribution in [0.15, 0.2) is 18.2 Å². The normalized spacial score (nSPS) is 42.2. The van der Waals surface area contributed by atoms with E-state index in [0.717, 1.165) is 11.5 Å². The van der Waals surface area contributed by atoms with E-state index >= 15 is 0 Å². The van der Waals surface area contributed by atoms with Crippen LogP contribution in [0.25, 0.3) is 6.08 Å². The number of hydroxylamine groups is 1. The van der Waals surface area contributed by atoms with Crippen LogP contribution < -0.4 is 15.1 Å². The molecule has 0 aromatic heterocycles. The van der Waals surface area contributed by atoms with E-state index in [1.54, 1.807) is 17.0 Å². The third kappa shape index (κ3) is 2.14. The first kappa shape index (κ1) is 22.6. The zero-order valence-electron chi connectivity index (χ0n) is 21.3. The summed E-state index contributed by atoms with van der Waals surface area (Å²) in [5.41, 5.74) is -4.25. The van der Waals surface area contributed by atoms with Gasteiger partial charge in [-0.2, -0.15) is 0 Å². The summed E-state index contributed by atoms with van der Waals surface area (Å²) in [7, 11) is 1.45. The van der Waals surface area contributed by atoms with Gasteiger partial charge in [-0.25, -0.2) is 0 Å². The Balaban J connectivity index is 1.49. The number of nitrogens with one attached hydrogen (secondary N) is 1. The van der Waals surface area contributed by atoms with Gasteiger partial charge < -0.3 is 35.1 Å². The topological polar surface area (TPSA) is 114 Å². The number of fused-ring (bicyclic) bond motifs is 6. The summed E-state index contributed by atoms with van der Waals surface area (Å²) in [5.74, 6) is -0.225. The summed E-state index contributed by atoms with van der Waals surface area (Å²) in [6.45, 7) is 8.26. The minimum absolute atomic E-state index is 0.183. The molecule has 6 heterocycles. The van der Waals surface area contributed by atoms with E-state index in [2.05, 4.69) is 5.32 Å². The molecule has 0 radical (unpaired) electrons. The second-order valence-corrected chi connectivity index (χ2v) is 12.6. The number of hydrogen-bond acceptors (Lipinski definition) is 7. The van der Waals surface area contributed by atoms with Crippen molar-refractivity contribution in [1.29, 1.82) is 0 Å². The van der Waals surface area contributed by atoms with E-state index in [0.29, 0.717) is 42.0 Å². The van der Waals surface area contributed by atoms with Crippen molar-refractivity contribution in [2.75, 3.05) is 18.7 Å². The molecule has 6 atom stereocenters. The van der Waals surface area contributed by atoms with Crippen molar-refractivity contribution in [3.63, 3.8) is 0 Å². The summed E-state index contributed by atoms with van der Waals surface area (Å²) >= 11 is 0. The quantitative estimate of drug-likeness (QED) is 0.614. The van der Waals surface area contributed by atoms with Crippen LogP contribution in [0.4, 0.5) is 5.69 Å². The molecule has 1 saturated carbocycles. The molecule has 6 unspecified atom stereocenters. The van der Waals surface area contributed by atoms with Crippen molar-refractivity contribution in [2.24, 2.45) is 11.3 Å². The molecule has 5 fully saturated rings. The number of hydrogen-bond donors (Lipinski definition) is 2. The maximum Gasteiger partial charge on any atom is 0.252 e. The van der Waals surface area contributed by atoms with Crippen LogP contribution in [-0.4, -0.2) is 64.3 Å². The number of rotatable bonds is 1. The first-order chi connectivity index (χ1) is 16.9.